The summed E-state index contributed by atoms with van der Waals surface area (Å²) in [6.45, 7) is 1.80. The van der Waals surface area contributed by atoms with E-state index in [0.717, 1.165) is 17.0 Å². The first-order chi connectivity index (χ1) is 12.8. The number of amides is 1. The van der Waals surface area contributed by atoms with Gasteiger partial charge in [-0.2, -0.15) is 18.3 Å². The third-order valence-corrected chi connectivity index (χ3v) is 5.11. The third kappa shape index (κ3) is 4.28. The van der Waals surface area contributed by atoms with E-state index in [-0.39, 0.29) is 12.5 Å². The van der Waals surface area contributed by atoms with Crippen LogP contribution in [0.15, 0.2) is 41.8 Å². The molecule has 0 spiro atoms. The highest BCUT2D eigenvalue weighted by Gasteiger charge is 2.30. The van der Waals surface area contributed by atoms with Crippen LogP contribution in [0.3, 0.4) is 0 Å². The van der Waals surface area contributed by atoms with Gasteiger partial charge in [0.05, 0.1) is 10.4 Å². The lowest BCUT2D eigenvalue weighted by Gasteiger charge is -2.15. The zero-order chi connectivity index (χ0) is 19.6. The Balaban J connectivity index is 1.70. The van der Waals surface area contributed by atoms with E-state index in [9.17, 15) is 18.0 Å². The predicted octanol–water partition coefficient (Wildman–Crippen LogP) is 4.57. The van der Waals surface area contributed by atoms with Crippen LogP contribution in [0.25, 0.3) is 10.7 Å². The van der Waals surface area contributed by atoms with Crippen molar-refractivity contribution in [2.24, 2.45) is 0 Å². The number of nitrogens with zero attached hydrogens (tertiary/aromatic N) is 2. The SMILES string of the molecule is CC(C(=O)NCc1ccc(C(F)(F)F)cc1)n1c(-c2cccs2)n[nH]c1=S. The van der Waals surface area contributed by atoms with Crippen molar-refractivity contribution < 1.29 is 18.0 Å². The van der Waals surface area contributed by atoms with Crippen LogP contribution in [0.1, 0.15) is 24.1 Å². The van der Waals surface area contributed by atoms with Crippen molar-refractivity contribution in [2.75, 3.05) is 0 Å². The van der Waals surface area contributed by atoms with Gasteiger partial charge in [0, 0.05) is 6.54 Å². The summed E-state index contributed by atoms with van der Waals surface area (Å²) in [5.74, 6) is 0.248. The van der Waals surface area contributed by atoms with E-state index >= 15 is 0 Å². The van der Waals surface area contributed by atoms with E-state index in [2.05, 4.69) is 15.5 Å². The first-order valence-electron chi connectivity index (χ1n) is 7.92. The molecule has 2 N–H and O–H groups in total. The normalized spacial score (nSPS) is 12.7. The molecule has 0 aliphatic heterocycles. The van der Waals surface area contributed by atoms with Gasteiger partial charge in [0.15, 0.2) is 10.6 Å². The molecule has 3 rings (SSSR count). The van der Waals surface area contributed by atoms with Crippen LogP contribution in [-0.4, -0.2) is 20.7 Å². The smallest absolute Gasteiger partial charge is 0.350 e. The fourth-order valence-corrected chi connectivity index (χ4v) is 3.51. The summed E-state index contributed by atoms with van der Waals surface area (Å²) in [7, 11) is 0. The number of rotatable bonds is 5. The summed E-state index contributed by atoms with van der Waals surface area (Å²) in [5.41, 5.74) is -0.158. The zero-order valence-corrected chi connectivity index (χ0v) is 15.7. The Hall–Kier alpha value is -2.46. The number of carbonyl (C=O) groups excluding carboxylic acids is 1. The molecule has 2 aromatic heterocycles. The Labute approximate surface area is 161 Å². The quantitative estimate of drug-likeness (QED) is 0.604. The molecular formula is C17H15F3N4OS2. The van der Waals surface area contributed by atoms with Gasteiger partial charge in [-0.25, -0.2) is 0 Å². The number of hydrogen-bond acceptors (Lipinski definition) is 4. The molecule has 0 fully saturated rings. The van der Waals surface area contributed by atoms with Crippen molar-refractivity contribution in [3.8, 4) is 10.7 Å². The molecule has 0 saturated heterocycles. The number of aromatic amines is 1. The number of carbonyl (C=O) groups is 1. The van der Waals surface area contributed by atoms with E-state index in [1.54, 1.807) is 11.5 Å². The Morgan fingerprint density at radius 3 is 2.63 bits per heavy atom. The second-order valence-electron chi connectivity index (χ2n) is 5.79. The summed E-state index contributed by atoms with van der Waals surface area (Å²) in [6.07, 6.45) is -4.38. The lowest BCUT2D eigenvalue weighted by Crippen LogP contribution is -2.31. The maximum Gasteiger partial charge on any atom is 0.416 e. The van der Waals surface area contributed by atoms with Gasteiger partial charge in [0.2, 0.25) is 5.91 Å². The van der Waals surface area contributed by atoms with Gasteiger partial charge in [-0.05, 0) is 48.3 Å². The molecule has 2 heterocycles. The monoisotopic (exact) mass is 412 g/mol. The number of nitrogens with one attached hydrogen (secondary N) is 2. The van der Waals surface area contributed by atoms with Crippen LogP contribution in [0, 0.1) is 4.77 Å². The first-order valence-corrected chi connectivity index (χ1v) is 9.21. The van der Waals surface area contributed by atoms with Crippen LogP contribution < -0.4 is 5.32 Å². The number of alkyl halides is 3. The lowest BCUT2D eigenvalue weighted by molar-refractivity contribution is -0.137. The van der Waals surface area contributed by atoms with Crippen LogP contribution >= 0.6 is 23.6 Å². The minimum Gasteiger partial charge on any atom is -0.350 e. The second kappa shape index (κ2) is 7.65. The molecule has 10 heteroatoms. The molecule has 1 aromatic carbocycles. The largest absolute Gasteiger partial charge is 0.416 e. The highest BCUT2D eigenvalue weighted by molar-refractivity contribution is 7.71. The van der Waals surface area contributed by atoms with Crippen molar-refractivity contribution >= 4 is 29.5 Å². The fraction of sp³-hybridized carbons (Fsp3) is 0.235. The molecule has 1 atom stereocenters. The van der Waals surface area contributed by atoms with Crippen LogP contribution in [0.2, 0.25) is 0 Å². The third-order valence-electron chi connectivity index (χ3n) is 3.96. The van der Waals surface area contributed by atoms with E-state index in [1.807, 2.05) is 17.5 Å². The standard InChI is InChI=1S/C17H15F3N4OS2/c1-10(24-14(22-23-16(24)26)13-3-2-8-27-13)15(25)21-9-11-4-6-12(7-5-11)17(18,19)20/h2-8,10H,9H2,1H3,(H,21,25)(H,23,26). The molecule has 27 heavy (non-hydrogen) atoms. The van der Waals surface area contributed by atoms with Crippen LogP contribution in [0.5, 0.6) is 0 Å². The molecule has 0 radical (unpaired) electrons. The Morgan fingerprint density at radius 1 is 1.33 bits per heavy atom. The minimum absolute atomic E-state index is 0.112. The molecule has 5 nitrogen and oxygen atoms in total. The highest BCUT2D eigenvalue weighted by atomic mass is 32.1. The fourth-order valence-electron chi connectivity index (χ4n) is 2.51. The molecule has 1 amide bonds. The van der Waals surface area contributed by atoms with E-state index in [0.29, 0.717) is 16.2 Å². The average molecular weight is 412 g/mol. The number of halogens is 3. The summed E-state index contributed by atoms with van der Waals surface area (Å²) >= 11 is 6.70. The number of benzene rings is 1. The Morgan fingerprint density at radius 2 is 2.04 bits per heavy atom. The van der Waals surface area contributed by atoms with Crippen molar-refractivity contribution in [1.82, 2.24) is 20.1 Å². The zero-order valence-electron chi connectivity index (χ0n) is 14.1. The van der Waals surface area contributed by atoms with Gasteiger partial charge < -0.3 is 5.32 Å². The number of thiophene rings is 1. The van der Waals surface area contributed by atoms with Gasteiger partial charge >= 0.3 is 6.18 Å². The Kier molecular flexibility index (Phi) is 5.47. The number of H-pyrrole nitrogens is 1. The predicted molar refractivity (Wildman–Crippen MR) is 98.7 cm³/mol. The van der Waals surface area contributed by atoms with Gasteiger partial charge in [-0.3, -0.25) is 14.5 Å². The van der Waals surface area contributed by atoms with E-state index < -0.39 is 17.8 Å². The summed E-state index contributed by atoms with van der Waals surface area (Å²) in [5, 5.41) is 11.5. The molecule has 0 bridgehead atoms. The highest BCUT2D eigenvalue weighted by Crippen LogP contribution is 2.29. The molecule has 3 aromatic rings. The van der Waals surface area contributed by atoms with Gasteiger partial charge in [0.25, 0.3) is 0 Å². The summed E-state index contributed by atoms with van der Waals surface area (Å²) in [6, 6.07) is 7.78. The van der Waals surface area contributed by atoms with E-state index in [1.165, 1.54) is 23.5 Å². The Bertz CT molecular complexity index is 975. The van der Waals surface area contributed by atoms with Gasteiger partial charge in [-0.1, -0.05) is 18.2 Å². The molecule has 0 aliphatic carbocycles. The topological polar surface area (TPSA) is 62.7 Å². The van der Waals surface area contributed by atoms with Crippen molar-refractivity contribution in [3.63, 3.8) is 0 Å². The second-order valence-corrected chi connectivity index (χ2v) is 7.12. The first kappa shape index (κ1) is 19.3. The maximum atomic E-state index is 12.6. The lowest BCUT2D eigenvalue weighted by atomic mass is 10.1. The van der Waals surface area contributed by atoms with Crippen molar-refractivity contribution in [1.29, 1.82) is 0 Å². The molecule has 1 unspecified atom stereocenters. The average Bonchev–Trinajstić information content (AvgIpc) is 3.28. The maximum absolute atomic E-state index is 12.6. The molecule has 0 saturated carbocycles. The van der Waals surface area contributed by atoms with Crippen LogP contribution in [0.4, 0.5) is 13.2 Å². The van der Waals surface area contributed by atoms with Crippen molar-refractivity contribution in [2.45, 2.75) is 25.7 Å². The van der Waals surface area contributed by atoms with Crippen LogP contribution in [-0.2, 0) is 17.5 Å². The van der Waals surface area contributed by atoms with Gasteiger partial charge in [-0.15, -0.1) is 11.3 Å². The molecule has 0 aliphatic rings. The number of aromatic nitrogens is 3. The summed E-state index contributed by atoms with van der Waals surface area (Å²) in [4.78, 5) is 13.4. The number of hydrogen-bond donors (Lipinski definition) is 2. The summed E-state index contributed by atoms with van der Waals surface area (Å²) < 4.78 is 39.7. The molecular weight excluding hydrogens is 397 g/mol. The van der Waals surface area contributed by atoms with E-state index in [4.69, 9.17) is 12.2 Å². The van der Waals surface area contributed by atoms with Gasteiger partial charge in [0.1, 0.15) is 6.04 Å². The minimum atomic E-state index is -4.38. The molecule has 142 valence electrons. The van der Waals surface area contributed by atoms with Crippen molar-refractivity contribution in [3.05, 3.63) is 57.7 Å².